The summed E-state index contributed by atoms with van der Waals surface area (Å²) in [7, 11) is 6.74. The molecule has 0 saturated heterocycles. The molecule has 10 heteroatoms. The Kier molecular flexibility index (Phi) is 5.06. The third kappa shape index (κ3) is 2.90. The van der Waals surface area contributed by atoms with Gasteiger partial charge in [0.05, 0.1) is 11.6 Å². The monoisotopic (exact) mass is 457 g/mol. The number of likely N-dealkylation sites (N-methyl/N-ethyl adjacent to an activating group) is 1. The third-order valence-corrected chi connectivity index (χ3v) is 7.05. The SMILES string of the molecule is CN(C)c1ccc(O)c2c1CC1CC3C(N(C)C)C(=O)C(=C(N)O)C(=O)C3(O)C(=O)C1=C2O. The minimum Gasteiger partial charge on any atom is -0.507 e. The van der Waals surface area contributed by atoms with Crippen LogP contribution in [-0.4, -0.2) is 82.5 Å². The number of ketones is 3. The van der Waals surface area contributed by atoms with Crippen LogP contribution in [0.4, 0.5) is 5.69 Å². The molecule has 1 aromatic rings. The van der Waals surface area contributed by atoms with E-state index in [4.69, 9.17) is 5.73 Å². The Morgan fingerprint density at radius 3 is 2.27 bits per heavy atom. The highest BCUT2D eigenvalue weighted by atomic mass is 16.3. The number of rotatable bonds is 2. The molecule has 4 unspecified atom stereocenters. The number of Topliss-reactive ketones (excluding diaryl/α,β-unsaturated/α-hetero) is 3. The third-order valence-electron chi connectivity index (χ3n) is 7.05. The van der Waals surface area contributed by atoms with Gasteiger partial charge in [-0.2, -0.15) is 0 Å². The topological polar surface area (TPSA) is 165 Å². The number of nitrogens with two attached hydrogens (primary N) is 1. The van der Waals surface area contributed by atoms with Crippen molar-refractivity contribution >= 4 is 28.8 Å². The molecule has 0 aromatic heterocycles. The number of aromatic hydroxyl groups is 1. The second kappa shape index (κ2) is 7.32. The van der Waals surface area contributed by atoms with E-state index < -0.39 is 58.0 Å². The Labute approximate surface area is 190 Å². The number of aliphatic hydroxyl groups excluding tert-OH is 2. The van der Waals surface area contributed by atoms with Crippen LogP contribution in [0.5, 0.6) is 5.75 Å². The van der Waals surface area contributed by atoms with Crippen LogP contribution in [0.3, 0.4) is 0 Å². The number of phenolic OH excluding ortho intramolecular Hbond substituents is 1. The molecular weight excluding hydrogens is 430 g/mol. The first-order valence-corrected chi connectivity index (χ1v) is 10.5. The first kappa shape index (κ1) is 22.8. The normalized spacial score (nSPS) is 30.7. The molecule has 3 aliphatic rings. The number of carbonyl (C=O) groups excluding carboxylic acids is 3. The molecule has 3 aliphatic carbocycles. The average molecular weight is 457 g/mol. The fourth-order valence-corrected chi connectivity index (χ4v) is 5.63. The molecule has 176 valence electrons. The summed E-state index contributed by atoms with van der Waals surface area (Å²) in [5.41, 5.74) is 3.11. The van der Waals surface area contributed by atoms with Crippen LogP contribution in [0.15, 0.2) is 29.2 Å². The summed E-state index contributed by atoms with van der Waals surface area (Å²) in [4.78, 5) is 43.2. The van der Waals surface area contributed by atoms with E-state index in [0.717, 1.165) is 5.69 Å². The number of benzene rings is 1. The molecule has 4 atom stereocenters. The number of anilines is 1. The van der Waals surface area contributed by atoms with Gasteiger partial charge >= 0.3 is 0 Å². The van der Waals surface area contributed by atoms with Gasteiger partial charge in [-0.1, -0.05) is 0 Å². The van der Waals surface area contributed by atoms with E-state index in [1.54, 1.807) is 34.3 Å². The van der Waals surface area contributed by atoms with Gasteiger partial charge in [0.2, 0.25) is 11.6 Å². The van der Waals surface area contributed by atoms with E-state index in [1.165, 1.54) is 11.0 Å². The van der Waals surface area contributed by atoms with Crippen LogP contribution in [-0.2, 0) is 20.8 Å². The van der Waals surface area contributed by atoms with Crippen LogP contribution >= 0.6 is 0 Å². The summed E-state index contributed by atoms with van der Waals surface area (Å²) in [6, 6.07) is 2.00. The maximum atomic E-state index is 13.7. The van der Waals surface area contributed by atoms with E-state index in [2.05, 4.69) is 0 Å². The summed E-state index contributed by atoms with van der Waals surface area (Å²) in [5, 5.41) is 42.9. The van der Waals surface area contributed by atoms with Crippen molar-refractivity contribution in [1.82, 2.24) is 4.90 Å². The predicted molar refractivity (Wildman–Crippen MR) is 119 cm³/mol. The van der Waals surface area contributed by atoms with Gasteiger partial charge in [-0.3, -0.25) is 19.3 Å². The lowest BCUT2D eigenvalue weighted by atomic mass is 9.56. The fourth-order valence-electron chi connectivity index (χ4n) is 5.63. The maximum absolute atomic E-state index is 13.7. The summed E-state index contributed by atoms with van der Waals surface area (Å²) in [6.45, 7) is 0. The molecule has 0 heterocycles. The first-order chi connectivity index (χ1) is 15.3. The maximum Gasteiger partial charge on any atom is 0.211 e. The van der Waals surface area contributed by atoms with Crippen LogP contribution in [0, 0.1) is 11.8 Å². The van der Waals surface area contributed by atoms with E-state index in [9.17, 15) is 34.8 Å². The predicted octanol–water partition coefficient (Wildman–Crippen LogP) is 0.0300. The molecule has 10 nitrogen and oxygen atoms in total. The van der Waals surface area contributed by atoms with Gasteiger partial charge < -0.3 is 31.1 Å². The van der Waals surface area contributed by atoms with Crippen molar-refractivity contribution in [3.05, 3.63) is 40.3 Å². The molecule has 0 amide bonds. The molecule has 0 aliphatic heterocycles. The second-order valence-electron chi connectivity index (χ2n) is 9.31. The Morgan fingerprint density at radius 1 is 1.09 bits per heavy atom. The standard InChI is InChI=1S/C23H27N3O7/c1-25(2)12-5-6-13(27)15-10(12)7-9-8-11-17(26(3)4)19(29)16(22(24)32)21(31)23(11,33)20(30)14(9)18(15)28/h5-6,9,11,17,27-28,32-33H,7-8,24H2,1-4H3. The van der Waals surface area contributed by atoms with Gasteiger partial charge in [-0.15, -0.1) is 0 Å². The van der Waals surface area contributed by atoms with Gasteiger partial charge in [0.25, 0.3) is 0 Å². The molecule has 0 radical (unpaired) electrons. The van der Waals surface area contributed by atoms with Crippen molar-refractivity contribution in [2.45, 2.75) is 24.5 Å². The van der Waals surface area contributed by atoms with Gasteiger partial charge in [0, 0.05) is 31.3 Å². The number of aliphatic hydroxyl groups is 3. The summed E-state index contributed by atoms with van der Waals surface area (Å²) < 4.78 is 0. The van der Waals surface area contributed by atoms with Crippen LogP contribution in [0.2, 0.25) is 0 Å². The number of hydrogen-bond donors (Lipinski definition) is 5. The largest absolute Gasteiger partial charge is 0.507 e. The van der Waals surface area contributed by atoms with Gasteiger partial charge in [0.15, 0.2) is 17.3 Å². The van der Waals surface area contributed by atoms with Crippen LogP contribution in [0.1, 0.15) is 17.5 Å². The van der Waals surface area contributed by atoms with Crippen molar-refractivity contribution < 1.29 is 34.8 Å². The highest BCUT2D eigenvalue weighted by Crippen LogP contribution is 2.52. The van der Waals surface area contributed by atoms with Gasteiger partial charge in [0.1, 0.15) is 17.1 Å². The number of fused-ring (bicyclic) bond motifs is 3. The smallest absolute Gasteiger partial charge is 0.211 e. The average Bonchev–Trinajstić information content (AvgIpc) is 2.70. The van der Waals surface area contributed by atoms with Crippen molar-refractivity contribution in [1.29, 1.82) is 0 Å². The summed E-state index contributed by atoms with van der Waals surface area (Å²) in [5.74, 6) is -6.64. The Balaban J connectivity index is 1.97. The van der Waals surface area contributed by atoms with E-state index in [-0.39, 0.29) is 29.7 Å². The summed E-state index contributed by atoms with van der Waals surface area (Å²) >= 11 is 0. The van der Waals surface area contributed by atoms with Crippen LogP contribution < -0.4 is 10.6 Å². The first-order valence-electron chi connectivity index (χ1n) is 10.5. The fraction of sp³-hybridized carbons (Fsp3) is 0.435. The zero-order valence-electron chi connectivity index (χ0n) is 18.8. The number of carbonyl (C=O) groups is 3. The van der Waals surface area contributed by atoms with Crippen molar-refractivity contribution in [2.75, 3.05) is 33.1 Å². The lowest BCUT2D eigenvalue weighted by Gasteiger charge is -2.50. The molecule has 0 bridgehead atoms. The number of nitrogens with zero attached hydrogens (tertiary/aromatic N) is 2. The minimum atomic E-state index is -2.70. The lowest BCUT2D eigenvalue weighted by Crippen LogP contribution is -2.69. The molecule has 1 aromatic carbocycles. The van der Waals surface area contributed by atoms with Crippen molar-refractivity contribution in [3.8, 4) is 5.75 Å². The van der Waals surface area contributed by atoms with Gasteiger partial charge in [-0.25, -0.2) is 0 Å². The van der Waals surface area contributed by atoms with Crippen LogP contribution in [0.25, 0.3) is 5.76 Å². The zero-order chi connectivity index (χ0) is 24.6. The minimum absolute atomic E-state index is 0.0442. The Bertz CT molecular complexity index is 1160. The Hall–Kier alpha value is -3.37. The van der Waals surface area contributed by atoms with E-state index in [1.807, 2.05) is 4.90 Å². The van der Waals surface area contributed by atoms with Crippen molar-refractivity contribution in [3.63, 3.8) is 0 Å². The highest BCUT2D eigenvalue weighted by molar-refractivity contribution is 6.35. The molecule has 6 N–H and O–H groups in total. The molecule has 4 rings (SSSR count). The molecule has 2 fully saturated rings. The van der Waals surface area contributed by atoms with E-state index >= 15 is 0 Å². The van der Waals surface area contributed by atoms with Crippen molar-refractivity contribution in [2.24, 2.45) is 17.6 Å². The lowest BCUT2D eigenvalue weighted by molar-refractivity contribution is -0.165. The number of phenols is 1. The summed E-state index contributed by atoms with van der Waals surface area (Å²) in [6.07, 6.45) is 0.296. The number of hydrogen-bond acceptors (Lipinski definition) is 10. The Morgan fingerprint density at radius 2 is 1.73 bits per heavy atom. The highest BCUT2D eigenvalue weighted by Gasteiger charge is 2.66. The molecule has 2 saturated carbocycles. The van der Waals surface area contributed by atoms with E-state index in [0.29, 0.717) is 5.56 Å². The molecular formula is C23H27N3O7. The molecule has 33 heavy (non-hydrogen) atoms. The quantitative estimate of drug-likeness (QED) is 0.177. The molecule has 0 spiro atoms. The van der Waals surface area contributed by atoms with Gasteiger partial charge in [-0.05, 0) is 50.6 Å². The zero-order valence-corrected chi connectivity index (χ0v) is 18.8. The second-order valence-corrected chi connectivity index (χ2v) is 9.31.